The van der Waals surface area contributed by atoms with Crippen molar-refractivity contribution in [3.05, 3.63) is 29.7 Å². The second kappa shape index (κ2) is 2.51. The van der Waals surface area contributed by atoms with Gasteiger partial charge in [0.1, 0.15) is 5.82 Å². The lowest BCUT2D eigenvalue weighted by Gasteiger charge is -2.09. The average Bonchev–Trinajstić information content (AvgIpc) is 3.19. The normalized spacial score (nSPS) is 28.2. The van der Waals surface area contributed by atoms with E-state index in [2.05, 4.69) is 16.3 Å². The molecule has 0 radical (unpaired) electrons. The van der Waals surface area contributed by atoms with Gasteiger partial charge in [0.25, 0.3) is 0 Å². The molecule has 3 nitrogen and oxygen atoms in total. The first-order valence-electron chi connectivity index (χ1n) is 5.75. The van der Waals surface area contributed by atoms with Gasteiger partial charge in [-0.2, -0.15) is 10.4 Å². The molecule has 2 saturated carbocycles. The summed E-state index contributed by atoms with van der Waals surface area (Å²) in [5.41, 5.74) is 0.875. The van der Waals surface area contributed by atoms with E-state index >= 15 is 0 Å². The SMILES string of the molecule is N#C[C@]1(c2cc3[nH]ncc3cc2F)CC12CC2. The Hall–Kier alpha value is -1.89. The van der Waals surface area contributed by atoms with Gasteiger partial charge in [-0.05, 0) is 36.8 Å². The third-order valence-corrected chi connectivity index (χ3v) is 4.42. The molecule has 2 aliphatic rings. The highest BCUT2D eigenvalue weighted by Gasteiger charge is 2.76. The van der Waals surface area contributed by atoms with Crippen LogP contribution in [0.4, 0.5) is 4.39 Å². The lowest BCUT2D eigenvalue weighted by Crippen LogP contribution is -2.10. The van der Waals surface area contributed by atoms with Crippen LogP contribution in [0, 0.1) is 22.6 Å². The van der Waals surface area contributed by atoms with Crippen molar-refractivity contribution in [2.45, 2.75) is 24.7 Å². The molecule has 4 rings (SSSR count). The van der Waals surface area contributed by atoms with Crippen LogP contribution in [-0.2, 0) is 5.41 Å². The summed E-state index contributed by atoms with van der Waals surface area (Å²) in [6.07, 6.45) is 4.52. The van der Waals surface area contributed by atoms with Crippen molar-refractivity contribution < 1.29 is 4.39 Å². The highest BCUT2D eigenvalue weighted by atomic mass is 19.1. The maximum absolute atomic E-state index is 14.1. The molecular formula is C13H10FN3. The monoisotopic (exact) mass is 227 g/mol. The molecule has 84 valence electrons. The van der Waals surface area contributed by atoms with Crippen molar-refractivity contribution >= 4 is 10.9 Å². The fourth-order valence-electron chi connectivity index (χ4n) is 3.11. The third-order valence-electron chi connectivity index (χ3n) is 4.42. The summed E-state index contributed by atoms with van der Waals surface area (Å²) in [6, 6.07) is 5.58. The molecule has 2 aliphatic carbocycles. The number of nitriles is 1. The van der Waals surface area contributed by atoms with E-state index in [9.17, 15) is 9.65 Å². The molecule has 1 N–H and O–H groups in total. The zero-order chi connectivity index (χ0) is 11.7. The molecule has 1 aromatic carbocycles. The van der Waals surface area contributed by atoms with Crippen molar-refractivity contribution in [3.63, 3.8) is 0 Å². The Labute approximate surface area is 97.2 Å². The molecule has 1 atom stereocenters. The second-order valence-electron chi connectivity index (χ2n) is 5.26. The Morgan fingerprint density at radius 2 is 2.24 bits per heavy atom. The van der Waals surface area contributed by atoms with Crippen LogP contribution in [0.3, 0.4) is 0 Å². The van der Waals surface area contributed by atoms with Gasteiger partial charge in [-0.1, -0.05) is 0 Å². The van der Waals surface area contributed by atoms with Crippen LogP contribution < -0.4 is 0 Å². The molecular weight excluding hydrogens is 217 g/mol. The van der Waals surface area contributed by atoms with Gasteiger partial charge in [-0.3, -0.25) is 5.10 Å². The number of aromatic amines is 1. The Morgan fingerprint density at radius 3 is 2.88 bits per heavy atom. The smallest absolute Gasteiger partial charge is 0.128 e. The highest BCUT2D eigenvalue weighted by molar-refractivity contribution is 5.79. The fourth-order valence-corrected chi connectivity index (χ4v) is 3.11. The minimum absolute atomic E-state index is 0.0935. The zero-order valence-corrected chi connectivity index (χ0v) is 9.13. The van der Waals surface area contributed by atoms with Crippen LogP contribution in [0.5, 0.6) is 0 Å². The number of H-pyrrole nitrogens is 1. The number of fused-ring (bicyclic) bond motifs is 1. The average molecular weight is 227 g/mol. The van der Waals surface area contributed by atoms with Crippen LogP contribution in [-0.4, -0.2) is 10.2 Å². The van der Waals surface area contributed by atoms with Gasteiger partial charge in [0.2, 0.25) is 0 Å². The van der Waals surface area contributed by atoms with E-state index in [0.717, 1.165) is 30.2 Å². The standard InChI is InChI=1S/C13H10FN3/c14-10-3-8-5-16-17-11(8)4-9(10)13(7-15)6-12(13)1-2-12/h3-5H,1-2,6H2,(H,16,17)/t13-/m0/s1. The van der Waals surface area contributed by atoms with E-state index in [1.165, 1.54) is 6.07 Å². The molecule has 17 heavy (non-hydrogen) atoms. The molecule has 1 spiro atoms. The predicted octanol–water partition coefficient (Wildman–Crippen LogP) is 2.65. The Balaban J connectivity index is 1.96. The number of hydrogen-bond donors (Lipinski definition) is 1. The molecule has 0 amide bonds. The maximum Gasteiger partial charge on any atom is 0.128 e. The van der Waals surface area contributed by atoms with E-state index in [1.807, 2.05) is 0 Å². The van der Waals surface area contributed by atoms with E-state index in [0.29, 0.717) is 5.56 Å². The van der Waals surface area contributed by atoms with Gasteiger partial charge in [-0.15, -0.1) is 0 Å². The molecule has 0 bridgehead atoms. The van der Waals surface area contributed by atoms with Gasteiger partial charge in [0.15, 0.2) is 0 Å². The Morgan fingerprint density at radius 1 is 1.41 bits per heavy atom. The van der Waals surface area contributed by atoms with Gasteiger partial charge in [-0.25, -0.2) is 4.39 Å². The minimum atomic E-state index is -0.573. The second-order valence-corrected chi connectivity index (χ2v) is 5.26. The number of nitrogens with one attached hydrogen (secondary N) is 1. The molecule has 4 heteroatoms. The van der Waals surface area contributed by atoms with Gasteiger partial charge >= 0.3 is 0 Å². The molecule has 1 aromatic heterocycles. The topological polar surface area (TPSA) is 52.5 Å². The Kier molecular flexibility index (Phi) is 1.35. The van der Waals surface area contributed by atoms with Crippen LogP contribution in [0.2, 0.25) is 0 Å². The lowest BCUT2D eigenvalue weighted by molar-refractivity contribution is 0.587. The van der Waals surface area contributed by atoms with Crippen molar-refractivity contribution in [3.8, 4) is 6.07 Å². The van der Waals surface area contributed by atoms with E-state index < -0.39 is 5.41 Å². The minimum Gasteiger partial charge on any atom is -0.278 e. The molecule has 0 saturated heterocycles. The van der Waals surface area contributed by atoms with E-state index in [-0.39, 0.29) is 11.2 Å². The van der Waals surface area contributed by atoms with Crippen molar-refractivity contribution in [1.82, 2.24) is 10.2 Å². The third kappa shape index (κ3) is 0.932. The summed E-state index contributed by atoms with van der Waals surface area (Å²) in [5.74, 6) is -0.274. The van der Waals surface area contributed by atoms with E-state index in [4.69, 9.17) is 0 Å². The first-order valence-corrected chi connectivity index (χ1v) is 5.75. The maximum atomic E-state index is 14.1. The molecule has 2 aromatic rings. The van der Waals surface area contributed by atoms with Crippen LogP contribution in [0.15, 0.2) is 18.3 Å². The van der Waals surface area contributed by atoms with Crippen molar-refractivity contribution in [2.75, 3.05) is 0 Å². The first-order chi connectivity index (χ1) is 8.21. The van der Waals surface area contributed by atoms with Gasteiger partial charge < -0.3 is 0 Å². The molecule has 0 aliphatic heterocycles. The number of hydrogen-bond acceptors (Lipinski definition) is 2. The molecule has 2 fully saturated rings. The fraction of sp³-hybridized carbons (Fsp3) is 0.385. The summed E-state index contributed by atoms with van der Waals surface area (Å²) in [4.78, 5) is 0. The summed E-state index contributed by atoms with van der Waals surface area (Å²) in [7, 11) is 0. The summed E-state index contributed by atoms with van der Waals surface area (Å²) in [6.45, 7) is 0. The van der Waals surface area contributed by atoms with Crippen molar-refractivity contribution in [1.29, 1.82) is 5.26 Å². The van der Waals surface area contributed by atoms with E-state index in [1.54, 1.807) is 12.3 Å². The van der Waals surface area contributed by atoms with Crippen LogP contribution in [0.25, 0.3) is 10.9 Å². The lowest BCUT2D eigenvalue weighted by atomic mass is 9.92. The van der Waals surface area contributed by atoms with Crippen molar-refractivity contribution in [2.24, 2.45) is 5.41 Å². The number of benzene rings is 1. The summed E-state index contributed by atoms with van der Waals surface area (Å²) in [5, 5.41) is 16.9. The number of rotatable bonds is 1. The largest absolute Gasteiger partial charge is 0.278 e. The summed E-state index contributed by atoms with van der Waals surface area (Å²) >= 11 is 0. The Bertz CT molecular complexity index is 678. The van der Waals surface area contributed by atoms with Gasteiger partial charge in [0.05, 0.1) is 23.2 Å². The summed E-state index contributed by atoms with van der Waals surface area (Å²) < 4.78 is 14.1. The van der Waals surface area contributed by atoms with Crippen LogP contribution >= 0.6 is 0 Å². The number of halogens is 1. The highest BCUT2D eigenvalue weighted by Crippen LogP contribution is 2.78. The molecule has 0 unspecified atom stereocenters. The first kappa shape index (κ1) is 9.17. The number of aromatic nitrogens is 2. The van der Waals surface area contributed by atoms with Gasteiger partial charge in [0, 0.05) is 10.9 Å². The zero-order valence-electron chi connectivity index (χ0n) is 9.13. The quantitative estimate of drug-likeness (QED) is 0.814. The molecule has 1 heterocycles. The predicted molar refractivity (Wildman–Crippen MR) is 59.6 cm³/mol. The number of nitrogens with zero attached hydrogens (tertiary/aromatic N) is 2. The van der Waals surface area contributed by atoms with Crippen LogP contribution in [0.1, 0.15) is 24.8 Å².